The third-order valence-electron chi connectivity index (χ3n) is 1.64. The first-order chi connectivity index (χ1) is 5.56. The average Bonchev–Trinajstić information content (AvgIpc) is 2.05. The highest BCUT2D eigenvalue weighted by atomic mass is 35.5. The molecule has 1 aromatic rings. The minimum absolute atomic E-state index is 0.565. The number of pyridine rings is 1. The van der Waals surface area contributed by atoms with Gasteiger partial charge in [-0.3, -0.25) is 4.98 Å². The minimum atomic E-state index is -0.565. The van der Waals surface area contributed by atoms with Crippen LogP contribution in [-0.2, 0) is 5.41 Å². The molecule has 1 heterocycles. The van der Waals surface area contributed by atoms with Crippen LogP contribution < -0.4 is 0 Å². The molecule has 0 aliphatic carbocycles. The molecule has 12 heavy (non-hydrogen) atoms. The van der Waals surface area contributed by atoms with E-state index in [0.29, 0.717) is 10.7 Å². The Morgan fingerprint density at radius 2 is 2.25 bits per heavy atom. The minimum Gasteiger partial charge on any atom is -0.260 e. The summed E-state index contributed by atoms with van der Waals surface area (Å²) >= 11 is 5.76. The largest absolute Gasteiger partial charge is 0.260 e. The Balaban J connectivity index is 3.14. The van der Waals surface area contributed by atoms with Crippen LogP contribution in [0, 0.1) is 11.3 Å². The normalized spacial score (nSPS) is 10.8. The maximum atomic E-state index is 8.81. The van der Waals surface area contributed by atoms with E-state index in [-0.39, 0.29) is 0 Å². The van der Waals surface area contributed by atoms with E-state index >= 15 is 0 Å². The molecule has 0 saturated carbocycles. The molecular formula is C9H9ClN2. The van der Waals surface area contributed by atoms with Crippen molar-refractivity contribution in [1.82, 2.24) is 4.98 Å². The van der Waals surface area contributed by atoms with Gasteiger partial charge < -0.3 is 0 Å². The molecule has 62 valence electrons. The molecule has 0 radical (unpaired) electrons. The predicted molar refractivity (Wildman–Crippen MR) is 47.9 cm³/mol. The van der Waals surface area contributed by atoms with Crippen molar-refractivity contribution in [2.45, 2.75) is 19.3 Å². The molecule has 1 rings (SSSR count). The first-order valence-corrected chi connectivity index (χ1v) is 3.97. The van der Waals surface area contributed by atoms with Gasteiger partial charge in [-0.15, -0.1) is 0 Å². The quantitative estimate of drug-likeness (QED) is 0.666. The van der Waals surface area contributed by atoms with Gasteiger partial charge >= 0.3 is 0 Å². The lowest BCUT2D eigenvalue weighted by Gasteiger charge is -2.13. The van der Waals surface area contributed by atoms with Gasteiger partial charge in [-0.25, -0.2) is 0 Å². The summed E-state index contributed by atoms with van der Waals surface area (Å²) < 4.78 is 0. The number of hydrogen-bond acceptors (Lipinski definition) is 2. The highest BCUT2D eigenvalue weighted by molar-refractivity contribution is 6.30. The lowest BCUT2D eigenvalue weighted by atomic mass is 9.91. The summed E-state index contributed by atoms with van der Waals surface area (Å²) in [5.41, 5.74) is 0.141. The fourth-order valence-corrected chi connectivity index (χ4v) is 0.964. The smallest absolute Gasteiger partial charge is 0.0937 e. The Kier molecular flexibility index (Phi) is 2.35. The average molecular weight is 181 g/mol. The van der Waals surface area contributed by atoms with E-state index < -0.39 is 5.41 Å². The zero-order valence-electron chi connectivity index (χ0n) is 7.00. The second-order valence-corrected chi connectivity index (χ2v) is 3.53. The summed E-state index contributed by atoms with van der Waals surface area (Å²) in [7, 11) is 0. The van der Waals surface area contributed by atoms with Crippen molar-refractivity contribution in [1.29, 1.82) is 5.26 Å². The van der Waals surface area contributed by atoms with Crippen molar-refractivity contribution in [2.75, 3.05) is 0 Å². The molecule has 1 aromatic heterocycles. The van der Waals surface area contributed by atoms with Crippen molar-refractivity contribution in [3.05, 3.63) is 29.0 Å². The summed E-state index contributed by atoms with van der Waals surface area (Å²) in [5, 5.41) is 9.42. The SMILES string of the molecule is CC(C)(C#N)c1cc(Cl)ccn1. The fraction of sp³-hybridized carbons (Fsp3) is 0.333. The van der Waals surface area contributed by atoms with Crippen LogP contribution in [0.1, 0.15) is 19.5 Å². The molecule has 0 atom stereocenters. The van der Waals surface area contributed by atoms with Gasteiger partial charge in [0.25, 0.3) is 0 Å². The summed E-state index contributed by atoms with van der Waals surface area (Å²) in [5.74, 6) is 0. The van der Waals surface area contributed by atoms with Crippen molar-refractivity contribution in [3.63, 3.8) is 0 Å². The van der Waals surface area contributed by atoms with Crippen LogP contribution in [0.4, 0.5) is 0 Å². The highest BCUT2D eigenvalue weighted by Gasteiger charge is 2.21. The topological polar surface area (TPSA) is 36.7 Å². The third kappa shape index (κ3) is 1.75. The second kappa shape index (κ2) is 3.12. The molecule has 0 aliphatic heterocycles. The van der Waals surface area contributed by atoms with Gasteiger partial charge in [0.15, 0.2) is 0 Å². The molecule has 3 heteroatoms. The number of aromatic nitrogens is 1. The predicted octanol–water partition coefficient (Wildman–Crippen LogP) is 2.54. The van der Waals surface area contributed by atoms with Crippen LogP contribution in [-0.4, -0.2) is 4.98 Å². The van der Waals surface area contributed by atoms with Gasteiger partial charge in [0.1, 0.15) is 0 Å². The Morgan fingerprint density at radius 3 is 2.75 bits per heavy atom. The monoisotopic (exact) mass is 180 g/mol. The van der Waals surface area contributed by atoms with Gasteiger partial charge in [0.05, 0.1) is 17.2 Å². The fourth-order valence-electron chi connectivity index (χ4n) is 0.804. The van der Waals surface area contributed by atoms with Crippen LogP contribution in [0.3, 0.4) is 0 Å². The standard InChI is InChI=1S/C9H9ClN2/c1-9(2,6-11)8-5-7(10)3-4-12-8/h3-5H,1-2H3. The van der Waals surface area contributed by atoms with Gasteiger partial charge in [-0.05, 0) is 26.0 Å². The lowest BCUT2D eigenvalue weighted by molar-refractivity contribution is 0.659. The van der Waals surface area contributed by atoms with Crippen LogP contribution in [0.5, 0.6) is 0 Å². The Morgan fingerprint density at radius 1 is 1.58 bits per heavy atom. The van der Waals surface area contributed by atoms with E-state index in [1.165, 1.54) is 0 Å². The number of halogens is 1. The molecule has 0 bridgehead atoms. The summed E-state index contributed by atoms with van der Waals surface area (Å²) in [6.45, 7) is 3.62. The molecule has 2 nitrogen and oxygen atoms in total. The Labute approximate surface area is 76.8 Å². The van der Waals surface area contributed by atoms with Crippen molar-refractivity contribution >= 4 is 11.6 Å². The van der Waals surface area contributed by atoms with Gasteiger partial charge in [-0.1, -0.05) is 11.6 Å². The van der Waals surface area contributed by atoms with Crippen LogP contribution in [0.2, 0.25) is 5.02 Å². The first-order valence-electron chi connectivity index (χ1n) is 3.59. The van der Waals surface area contributed by atoms with Gasteiger partial charge in [-0.2, -0.15) is 5.26 Å². The van der Waals surface area contributed by atoms with E-state index in [0.717, 1.165) is 0 Å². The van der Waals surface area contributed by atoms with E-state index in [2.05, 4.69) is 11.1 Å². The zero-order chi connectivity index (χ0) is 9.19. The van der Waals surface area contributed by atoms with E-state index in [1.807, 2.05) is 13.8 Å². The van der Waals surface area contributed by atoms with Crippen LogP contribution >= 0.6 is 11.6 Å². The zero-order valence-corrected chi connectivity index (χ0v) is 7.76. The van der Waals surface area contributed by atoms with E-state index in [4.69, 9.17) is 16.9 Å². The Hall–Kier alpha value is -1.07. The number of nitrogens with zero attached hydrogens (tertiary/aromatic N) is 2. The Bertz CT molecular complexity index is 326. The number of hydrogen-bond donors (Lipinski definition) is 0. The molecule has 0 spiro atoms. The molecule has 0 fully saturated rings. The van der Waals surface area contributed by atoms with Gasteiger partial charge in [0.2, 0.25) is 0 Å². The molecular weight excluding hydrogens is 172 g/mol. The molecule has 0 aromatic carbocycles. The summed E-state index contributed by atoms with van der Waals surface area (Å²) in [6, 6.07) is 5.57. The van der Waals surface area contributed by atoms with Crippen LogP contribution in [0.25, 0.3) is 0 Å². The molecule has 0 aliphatic rings. The van der Waals surface area contributed by atoms with E-state index in [1.54, 1.807) is 18.3 Å². The number of nitriles is 1. The summed E-state index contributed by atoms with van der Waals surface area (Å²) in [4.78, 5) is 4.08. The van der Waals surface area contributed by atoms with E-state index in [9.17, 15) is 0 Å². The van der Waals surface area contributed by atoms with Gasteiger partial charge in [0, 0.05) is 11.2 Å². The maximum absolute atomic E-state index is 8.81. The third-order valence-corrected chi connectivity index (χ3v) is 1.88. The molecule has 0 saturated heterocycles. The maximum Gasteiger partial charge on any atom is 0.0937 e. The molecule has 0 N–H and O–H groups in total. The second-order valence-electron chi connectivity index (χ2n) is 3.10. The van der Waals surface area contributed by atoms with Crippen molar-refractivity contribution in [3.8, 4) is 6.07 Å². The van der Waals surface area contributed by atoms with Crippen molar-refractivity contribution in [2.24, 2.45) is 0 Å². The molecule has 0 unspecified atom stereocenters. The van der Waals surface area contributed by atoms with Crippen LogP contribution in [0.15, 0.2) is 18.3 Å². The summed E-state index contributed by atoms with van der Waals surface area (Å²) in [6.07, 6.45) is 1.61. The molecule has 0 amide bonds. The number of rotatable bonds is 1. The highest BCUT2D eigenvalue weighted by Crippen LogP contribution is 2.21. The first kappa shape index (κ1) is 9.02. The lowest BCUT2D eigenvalue weighted by Crippen LogP contribution is -2.15. The van der Waals surface area contributed by atoms with Crippen molar-refractivity contribution < 1.29 is 0 Å².